The molecule has 0 aromatic heterocycles. The zero-order valence-corrected chi connectivity index (χ0v) is 21.9. The number of likely N-dealkylation sites (tertiary alicyclic amines) is 1. The predicted molar refractivity (Wildman–Crippen MR) is 133 cm³/mol. The fourth-order valence-corrected chi connectivity index (χ4v) is 5.77. The summed E-state index contributed by atoms with van der Waals surface area (Å²) in [5.41, 5.74) is 1.14. The van der Waals surface area contributed by atoms with Gasteiger partial charge in [-0.15, -0.1) is 0 Å². The Morgan fingerprint density at radius 2 is 1.74 bits per heavy atom. The fourth-order valence-electron chi connectivity index (χ4n) is 5.65. The summed E-state index contributed by atoms with van der Waals surface area (Å²) in [6.07, 6.45) is 3.64. The van der Waals surface area contributed by atoms with Crippen LogP contribution in [0.25, 0.3) is 0 Å². The molecule has 1 aliphatic heterocycles. The van der Waals surface area contributed by atoms with Crippen LogP contribution in [0.1, 0.15) is 71.3 Å². The molecule has 1 saturated heterocycles. The second-order valence-corrected chi connectivity index (χ2v) is 11.4. The van der Waals surface area contributed by atoms with Gasteiger partial charge in [0.05, 0.1) is 13.0 Å². The monoisotopic (exact) mass is 490 g/mol. The van der Waals surface area contributed by atoms with Gasteiger partial charge in [0.2, 0.25) is 11.8 Å². The Morgan fingerprint density at radius 3 is 2.32 bits per heavy atom. The van der Waals surface area contributed by atoms with Crippen molar-refractivity contribution in [3.8, 4) is 0 Å². The van der Waals surface area contributed by atoms with E-state index in [2.05, 4.69) is 31.3 Å². The Bertz CT molecular complexity index is 883. The molecule has 4 atom stereocenters. The summed E-state index contributed by atoms with van der Waals surface area (Å²) in [6.45, 7) is 9.61. The summed E-state index contributed by atoms with van der Waals surface area (Å²) in [5.74, 6) is -0.608. The van der Waals surface area contributed by atoms with Gasteiger partial charge < -0.3 is 15.0 Å². The molecule has 34 heavy (non-hydrogen) atoms. The molecule has 1 aromatic carbocycles. The number of carbonyl (C=O) groups excluding carboxylic acids is 3. The van der Waals surface area contributed by atoms with Gasteiger partial charge in [-0.2, -0.15) is 0 Å². The van der Waals surface area contributed by atoms with Gasteiger partial charge in [-0.1, -0.05) is 57.8 Å². The lowest BCUT2D eigenvalue weighted by Gasteiger charge is -2.46. The first-order valence-corrected chi connectivity index (χ1v) is 12.8. The number of ether oxygens (including phenoxy) is 1. The van der Waals surface area contributed by atoms with Gasteiger partial charge >= 0.3 is 5.97 Å². The van der Waals surface area contributed by atoms with Crippen molar-refractivity contribution in [1.29, 1.82) is 0 Å². The number of methoxy groups -OCH3 is 1. The van der Waals surface area contributed by atoms with Crippen molar-refractivity contribution in [3.63, 3.8) is 0 Å². The number of hydrogen-bond acceptors (Lipinski definition) is 4. The minimum atomic E-state index is -0.575. The molecule has 1 saturated carbocycles. The van der Waals surface area contributed by atoms with Crippen LogP contribution in [-0.4, -0.2) is 48.9 Å². The third-order valence-electron chi connectivity index (χ3n) is 7.62. The zero-order chi connectivity index (χ0) is 25.0. The van der Waals surface area contributed by atoms with E-state index in [4.69, 9.17) is 16.3 Å². The zero-order valence-electron chi connectivity index (χ0n) is 21.1. The van der Waals surface area contributed by atoms with E-state index in [-0.39, 0.29) is 41.0 Å². The average Bonchev–Trinajstić information content (AvgIpc) is 2.81. The number of amides is 2. The lowest BCUT2D eigenvalue weighted by atomic mass is 9.70. The molecule has 7 heteroatoms. The van der Waals surface area contributed by atoms with Crippen LogP contribution >= 0.6 is 11.6 Å². The highest BCUT2D eigenvalue weighted by atomic mass is 35.5. The number of piperidine rings is 1. The van der Waals surface area contributed by atoms with E-state index in [1.54, 1.807) is 0 Å². The van der Waals surface area contributed by atoms with Crippen molar-refractivity contribution in [2.45, 2.75) is 71.8 Å². The second-order valence-electron chi connectivity index (χ2n) is 11.0. The first kappa shape index (κ1) is 26.5. The van der Waals surface area contributed by atoms with Crippen LogP contribution in [0.15, 0.2) is 24.3 Å². The molecule has 6 nitrogen and oxygen atoms in total. The first-order valence-electron chi connectivity index (χ1n) is 12.5. The molecule has 1 heterocycles. The molecule has 3 rings (SSSR count). The number of nitrogens with one attached hydrogen (secondary N) is 1. The summed E-state index contributed by atoms with van der Waals surface area (Å²) in [6, 6.07) is 7.42. The quantitative estimate of drug-likeness (QED) is 0.581. The largest absolute Gasteiger partial charge is 0.469 e. The summed E-state index contributed by atoms with van der Waals surface area (Å²) in [4.78, 5) is 40.6. The number of hydrogen-bond donors (Lipinski definition) is 1. The van der Waals surface area contributed by atoms with Crippen LogP contribution in [0.2, 0.25) is 5.02 Å². The molecular weight excluding hydrogens is 452 g/mol. The predicted octanol–water partition coefficient (Wildman–Crippen LogP) is 4.80. The van der Waals surface area contributed by atoms with Gasteiger partial charge in [0, 0.05) is 24.0 Å². The Morgan fingerprint density at radius 1 is 1.09 bits per heavy atom. The van der Waals surface area contributed by atoms with Gasteiger partial charge in [0.25, 0.3) is 0 Å². The lowest BCUT2D eigenvalue weighted by Crippen LogP contribution is -2.56. The van der Waals surface area contributed by atoms with E-state index < -0.39 is 6.04 Å². The summed E-state index contributed by atoms with van der Waals surface area (Å²) in [5, 5.41) is 3.76. The molecule has 2 aliphatic rings. The molecule has 0 bridgehead atoms. The topological polar surface area (TPSA) is 75.7 Å². The molecule has 0 radical (unpaired) electrons. The molecule has 1 unspecified atom stereocenters. The van der Waals surface area contributed by atoms with E-state index >= 15 is 0 Å². The molecular formula is C27H39ClN2O4. The van der Waals surface area contributed by atoms with Crippen molar-refractivity contribution in [3.05, 3.63) is 34.9 Å². The van der Waals surface area contributed by atoms with Crippen LogP contribution in [0.5, 0.6) is 0 Å². The average molecular weight is 491 g/mol. The van der Waals surface area contributed by atoms with Crippen LogP contribution in [0, 0.1) is 23.2 Å². The Balaban J connectivity index is 1.66. The summed E-state index contributed by atoms with van der Waals surface area (Å²) >= 11 is 6.07. The Kier molecular flexibility index (Phi) is 8.66. The third-order valence-corrected chi connectivity index (χ3v) is 7.88. The minimum absolute atomic E-state index is 0.0219. The number of rotatable bonds is 6. The van der Waals surface area contributed by atoms with Gasteiger partial charge in [0.15, 0.2) is 0 Å². The number of halogens is 1. The first-order chi connectivity index (χ1) is 16.0. The highest BCUT2D eigenvalue weighted by Crippen LogP contribution is 2.42. The smallest absolute Gasteiger partial charge is 0.308 e. The van der Waals surface area contributed by atoms with Crippen LogP contribution in [-0.2, 0) is 19.1 Å². The minimum Gasteiger partial charge on any atom is -0.469 e. The van der Waals surface area contributed by atoms with Crippen molar-refractivity contribution in [1.82, 2.24) is 10.2 Å². The molecule has 2 fully saturated rings. The summed E-state index contributed by atoms with van der Waals surface area (Å²) in [7, 11) is 1.39. The Labute approximate surface area is 208 Å². The maximum Gasteiger partial charge on any atom is 0.308 e. The normalized spacial score (nSPS) is 25.5. The van der Waals surface area contributed by atoms with Gasteiger partial charge in [-0.05, 0) is 60.6 Å². The Hall–Kier alpha value is -2.08. The van der Waals surface area contributed by atoms with Crippen molar-refractivity contribution < 1.29 is 19.1 Å². The standard InChI is InChI=1S/C27H39ClN2O4/c1-17(2)23(29-24(31)19-7-6-8-20(15-19)26(33)34-5)25(32)30-14-13-22(27(3,4)16-30)18-9-11-21(28)12-10-18/h9-12,17,19-20,22-23H,6-8,13-16H2,1-5H3,(H,29,31)/t19-,20+,22?,23-/m1/s1. The molecule has 2 amide bonds. The molecule has 1 aliphatic carbocycles. The van der Waals surface area contributed by atoms with E-state index in [0.29, 0.717) is 25.4 Å². The maximum absolute atomic E-state index is 13.6. The number of esters is 1. The van der Waals surface area contributed by atoms with Gasteiger partial charge in [-0.25, -0.2) is 0 Å². The molecule has 1 N–H and O–H groups in total. The third kappa shape index (κ3) is 6.12. The molecule has 0 spiro atoms. The van der Waals surface area contributed by atoms with E-state index in [1.165, 1.54) is 12.7 Å². The number of benzene rings is 1. The number of carbonyl (C=O) groups is 3. The maximum atomic E-state index is 13.6. The van der Waals surface area contributed by atoms with Gasteiger partial charge in [0.1, 0.15) is 6.04 Å². The highest BCUT2D eigenvalue weighted by molar-refractivity contribution is 6.30. The van der Waals surface area contributed by atoms with Crippen LogP contribution < -0.4 is 5.32 Å². The lowest BCUT2D eigenvalue weighted by molar-refractivity contribution is -0.148. The van der Waals surface area contributed by atoms with Crippen LogP contribution in [0.3, 0.4) is 0 Å². The highest BCUT2D eigenvalue weighted by Gasteiger charge is 2.41. The summed E-state index contributed by atoms with van der Waals surface area (Å²) < 4.78 is 4.88. The van der Waals surface area contributed by atoms with E-state index in [0.717, 1.165) is 30.7 Å². The second kappa shape index (κ2) is 11.1. The van der Waals surface area contributed by atoms with Crippen molar-refractivity contribution in [2.24, 2.45) is 23.2 Å². The SMILES string of the molecule is COC(=O)[C@H]1CCC[C@@H](C(=O)N[C@@H](C(=O)N2CCC(c3ccc(Cl)cc3)C(C)(C)C2)C(C)C)C1. The number of nitrogens with zero attached hydrogens (tertiary/aromatic N) is 1. The van der Waals surface area contributed by atoms with Crippen molar-refractivity contribution in [2.75, 3.05) is 20.2 Å². The van der Waals surface area contributed by atoms with Crippen molar-refractivity contribution >= 4 is 29.4 Å². The van der Waals surface area contributed by atoms with E-state index in [1.807, 2.05) is 30.9 Å². The van der Waals surface area contributed by atoms with Crippen LogP contribution in [0.4, 0.5) is 0 Å². The fraction of sp³-hybridized carbons (Fsp3) is 0.667. The molecule has 1 aromatic rings. The van der Waals surface area contributed by atoms with Gasteiger partial charge in [-0.3, -0.25) is 14.4 Å². The van der Waals surface area contributed by atoms with E-state index in [9.17, 15) is 14.4 Å². The molecule has 188 valence electrons.